The average molecular weight is 223 g/mol. The largest absolute Gasteiger partial charge is 0.295 e. The Morgan fingerprint density at radius 3 is 3.20 bits per heavy atom. The molecule has 15 heavy (non-hydrogen) atoms. The maximum absolute atomic E-state index is 11.5. The van der Waals surface area contributed by atoms with Crippen LogP contribution in [0.5, 0.6) is 0 Å². The number of fused-ring (bicyclic) bond motifs is 1. The van der Waals surface area contributed by atoms with Crippen LogP contribution in [-0.4, -0.2) is 22.4 Å². The highest BCUT2D eigenvalue weighted by atomic mass is 35.5. The molecule has 5 nitrogen and oxygen atoms in total. The van der Waals surface area contributed by atoms with E-state index in [2.05, 4.69) is 9.97 Å². The molecule has 1 aliphatic heterocycles. The average Bonchev–Trinajstić information content (AvgIpc) is 2.63. The quantitative estimate of drug-likeness (QED) is 0.663. The van der Waals surface area contributed by atoms with E-state index in [4.69, 9.17) is 16.9 Å². The molecule has 0 saturated heterocycles. The Balaban J connectivity index is 2.34. The summed E-state index contributed by atoms with van der Waals surface area (Å²) in [5.41, 5.74) is 0.783. The summed E-state index contributed by atoms with van der Waals surface area (Å²) in [6.07, 6.45) is 1.83. The lowest BCUT2D eigenvalue weighted by Gasteiger charge is -2.13. The van der Waals surface area contributed by atoms with Crippen LogP contribution < -0.4 is 4.90 Å². The topological polar surface area (TPSA) is 69.9 Å². The zero-order valence-electron chi connectivity index (χ0n) is 7.77. The number of halogens is 1. The maximum Gasteiger partial charge on any atom is 0.242 e. The summed E-state index contributed by atoms with van der Waals surface area (Å²) in [6, 6.07) is 1.82. The van der Waals surface area contributed by atoms with Crippen molar-refractivity contribution >= 4 is 23.3 Å². The van der Waals surface area contributed by atoms with E-state index in [9.17, 15) is 4.79 Å². The highest BCUT2D eigenvalue weighted by molar-refractivity contribution is 6.30. The first-order valence-electron chi connectivity index (χ1n) is 4.40. The summed E-state index contributed by atoms with van der Waals surface area (Å²) in [5, 5.41) is 8.82. The molecule has 0 atom stereocenters. The van der Waals surface area contributed by atoms with Crippen molar-refractivity contribution in [2.75, 3.05) is 11.4 Å². The van der Waals surface area contributed by atoms with Gasteiger partial charge in [0.05, 0.1) is 6.07 Å². The molecular formula is C9H7ClN4O. The van der Waals surface area contributed by atoms with Gasteiger partial charge in [-0.2, -0.15) is 5.26 Å². The Bertz CT molecular complexity index is 454. The number of nitrogens with zero attached hydrogens (tertiary/aromatic N) is 4. The Labute approximate surface area is 91.3 Å². The van der Waals surface area contributed by atoms with Gasteiger partial charge in [0.25, 0.3) is 0 Å². The Hall–Kier alpha value is -1.67. The van der Waals surface area contributed by atoms with Crippen molar-refractivity contribution < 1.29 is 4.79 Å². The molecule has 1 amide bonds. The molecular weight excluding hydrogens is 216 g/mol. The minimum atomic E-state index is -0.244. The molecule has 0 N–H and O–H groups in total. The van der Waals surface area contributed by atoms with Gasteiger partial charge in [0, 0.05) is 12.1 Å². The van der Waals surface area contributed by atoms with E-state index in [1.807, 2.05) is 6.07 Å². The van der Waals surface area contributed by atoms with Gasteiger partial charge in [-0.1, -0.05) is 11.6 Å². The lowest BCUT2D eigenvalue weighted by molar-refractivity contribution is -0.117. The molecule has 1 aromatic heterocycles. The minimum absolute atomic E-state index is 0.138. The van der Waals surface area contributed by atoms with Crippen molar-refractivity contribution in [3.63, 3.8) is 0 Å². The van der Waals surface area contributed by atoms with E-state index in [0.717, 1.165) is 5.56 Å². The second-order valence-electron chi connectivity index (χ2n) is 3.10. The van der Waals surface area contributed by atoms with Crippen LogP contribution in [0, 0.1) is 11.3 Å². The predicted molar refractivity (Wildman–Crippen MR) is 53.3 cm³/mol. The molecule has 0 bridgehead atoms. The number of nitriles is 1. The van der Waals surface area contributed by atoms with Crippen LogP contribution in [-0.2, 0) is 11.2 Å². The Morgan fingerprint density at radius 2 is 2.47 bits per heavy atom. The zero-order chi connectivity index (χ0) is 10.8. The van der Waals surface area contributed by atoms with Crippen LogP contribution in [0.2, 0.25) is 5.15 Å². The molecule has 2 heterocycles. The van der Waals surface area contributed by atoms with E-state index >= 15 is 0 Å². The summed E-state index contributed by atoms with van der Waals surface area (Å²) in [6.45, 7) is 0.522. The van der Waals surface area contributed by atoms with E-state index in [0.29, 0.717) is 23.9 Å². The van der Waals surface area contributed by atoms with Gasteiger partial charge in [0.15, 0.2) is 0 Å². The molecule has 0 saturated carbocycles. The number of carbonyl (C=O) groups is 1. The molecule has 76 valence electrons. The number of anilines is 1. The van der Waals surface area contributed by atoms with Crippen LogP contribution in [0.1, 0.15) is 12.0 Å². The number of amides is 1. The van der Waals surface area contributed by atoms with Crippen LogP contribution >= 0.6 is 11.6 Å². The molecule has 0 spiro atoms. The molecule has 1 aliphatic rings. The minimum Gasteiger partial charge on any atom is -0.295 e. The maximum atomic E-state index is 11.5. The third kappa shape index (κ3) is 1.64. The van der Waals surface area contributed by atoms with Gasteiger partial charge in [-0.25, -0.2) is 9.97 Å². The fourth-order valence-electron chi connectivity index (χ4n) is 1.57. The molecule has 0 radical (unpaired) electrons. The molecule has 0 aromatic carbocycles. The van der Waals surface area contributed by atoms with Gasteiger partial charge in [0.1, 0.15) is 23.7 Å². The highest BCUT2D eigenvalue weighted by Crippen LogP contribution is 2.29. The van der Waals surface area contributed by atoms with Crippen molar-refractivity contribution in [3.8, 4) is 6.07 Å². The van der Waals surface area contributed by atoms with Crippen LogP contribution in [0.15, 0.2) is 6.33 Å². The van der Waals surface area contributed by atoms with Gasteiger partial charge in [-0.3, -0.25) is 9.69 Å². The summed E-state index contributed by atoms with van der Waals surface area (Å²) < 4.78 is 0. The van der Waals surface area contributed by atoms with E-state index in [1.54, 1.807) is 0 Å². The highest BCUT2D eigenvalue weighted by Gasteiger charge is 2.27. The smallest absolute Gasteiger partial charge is 0.242 e. The molecule has 0 fully saturated rings. The monoisotopic (exact) mass is 222 g/mol. The lowest BCUT2D eigenvalue weighted by atomic mass is 10.3. The van der Waals surface area contributed by atoms with Gasteiger partial charge in [-0.15, -0.1) is 0 Å². The molecule has 1 aromatic rings. The number of hydrogen-bond acceptors (Lipinski definition) is 4. The molecule has 0 unspecified atom stereocenters. The predicted octanol–water partition coefficient (Wildman–Crippen LogP) is 0.933. The second-order valence-corrected chi connectivity index (χ2v) is 3.45. The number of rotatable bonds is 1. The summed E-state index contributed by atoms with van der Waals surface area (Å²) in [4.78, 5) is 20.8. The van der Waals surface area contributed by atoms with E-state index < -0.39 is 0 Å². The van der Waals surface area contributed by atoms with Crippen molar-refractivity contribution in [1.82, 2.24) is 9.97 Å². The van der Waals surface area contributed by atoms with Crippen LogP contribution in [0.4, 0.5) is 5.82 Å². The molecule has 0 aliphatic carbocycles. The first-order chi connectivity index (χ1) is 7.24. The van der Waals surface area contributed by atoms with Crippen LogP contribution in [0.3, 0.4) is 0 Å². The molecule has 6 heteroatoms. The van der Waals surface area contributed by atoms with Crippen molar-refractivity contribution in [1.29, 1.82) is 5.26 Å². The normalized spacial score (nSPS) is 13.5. The summed E-state index contributed by atoms with van der Waals surface area (Å²) >= 11 is 5.86. The van der Waals surface area contributed by atoms with Gasteiger partial charge in [-0.05, 0) is 6.42 Å². The van der Waals surface area contributed by atoms with E-state index in [-0.39, 0.29) is 12.3 Å². The lowest BCUT2D eigenvalue weighted by Crippen LogP contribution is -2.28. The second kappa shape index (κ2) is 3.83. The Kier molecular flexibility index (Phi) is 2.52. The fourth-order valence-corrected chi connectivity index (χ4v) is 1.79. The van der Waals surface area contributed by atoms with Crippen molar-refractivity contribution in [2.24, 2.45) is 0 Å². The summed E-state index contributed by atoms with van der Waals surface area (Å²) in [5.74, 6) is 0.293. The third-order valence-electron chi connectivity index (χ3n) is 2.24. The number of hydrogen-bond donors (Lipinski definition) is 0. The van der Waals surface area contributed by atoms with E-state index in [1.165, 1.54) is 11.2 Å². The number of carbonyl (C=O) groups excluding carboxylic acids is 1. The first kappa shape index (κ1) is 9.87. The van der Waals surface area contributed by atoms with Gasteiger partial charge < -0.3 is 0 Å². The first-order valence-corrected chi connectivity index (χ1v) is 4.78. The van der Waals surface area contributed by atoms with Crippen molar-refractivity contribution in [3.05, 3.63) is 17.0 Å². The SMILES string of the molecule is N#CCC(=O)N1CCc2c(Cl)ncnc21. The summed E-state index contributed by atoms with van der Waals surface area (Å²) in [7, 11) is 0. The zero-order valence-corrected chi connectivity index (χ0v) is 8.53. The van der Waals surface area contributed by atoms with Crippen LogP contribution in [0.25, 0.3) is 0 Å². The van der Waals surface area contributed by atoms with Crippen molar-refractivity contribution in [2.45, 2.75) is 12.8 Å². The van der Waals surface area contributed by atoms with Gasteiger partial charge in [0.2, 0.25) is 5.91 Å². The third-order valence-corrected chi connectivity index (χ3v) is 2.57. The fraction of sp³-hybridized carbons (Fsp3) is 0.333. The number of aromatic nitrogens is 2. The standard InChI is InChI=1S/C9H7ClN4O/c10-8-6-2-4-14(7(15)1-3-11)9(6)13-5-12-8/h5H,1-2,4H2. The Morgan fingerprint density at radius 1 is 1.67 bits per heavy atom. The molecule has 2 rings (SSSR count). The van der Waals surface area contributed by atoms with Gasteiger partial charge >= 0.3 is 0 Å².